The Morgan fingerprint density at radius 2 is 1.59 bits per heavy atom. The molecule has 0 aromatic heterocycles. The quantitative estimate of drug-likeness (QED) is 0.772. The first kappa shape index (κ1) is 20.3. The fourth-order valence-electron chi connectivity index (χ4n) is 4.44. The predicted octanol–water partition coefficient (Wildman–Crippen LogP) is 2.88. The van der Waals surface area contributed by atoms with Crippen molar-refractivity contribution in [1.29, 1.82) is 0 Å². The van der Waals surface area contributed by atoms with E-state index in [-0.39, 0.29) is 24.0 Å². The highest BCUT2D eigenvalue weighted by Crippen LogP contribution is 2.27. The average molecular weight is 417 g/mol. The molecule has 0 saturated carbocycles. The van der Waals surface area contributed by atoms with Gasteiger partial charge in [-0.25, -0.2) is 8.42 Å². The highest BCUT2D eigenvalue weighted by molar-refractivity contribution is 7.89. The molecule has 0 unspecified atom stereocenters. The van der Waals surface area contributed by atoms with Gasteiger partial charge in [-0.1, -0.05) is 30.3 Å². The van der Waals surface area contributed by atoms with Crippen molar-refractivity contribution in [3.05, 3.63) is 42.5 Å². The standard InChI is InChI=1S/C22H28N2O4S/c1-16-14-23(15-17(2)28-16)22(25)19-9-11-24(12-10-19)29(26,27)21-8-7-18-5-3-4-6-20(18)13-21/h3-8,13,16-17,19H,9-12,14-15H2,1-2H3/t16-,17-/m0/s1. The van der Waals surface area contributed by atoms with Crippen molar-refractivity contribution < 1.29 is 17.9 Å². The summed E-state index contributed by atoms with van der Waals surface area (Å²) in [6.45, 7) is 5.93. The molecule has 2 heterocycles. The molecule has 7 heteroatoms. The molecule has 1 amide bonds. The Balaban J connectivity index is 1.43. The highest BCUT2D eigenvalue weighted by atomic mass is 32.2. The van der Waals surface area contributed by atoms with Gasteiger partial charge in [0.25, 0.3) is 0 Å². The Hall–Kier alpha value is -1.96. The van der Waals surface area contributed by atoms with Crippen molar-refractivity contribution in [2.24, 2.45) is 5.92 Å². The summed E-state index contributed by atoms with van der Waals surface area (Å²) < 4.78 is 33.5. The molecule has 2 atom stereocenters. The zero-order valence-electron chi connectivity index (χ0n) is 17.0. The number of carbonyl (C=O) groups is 1. The molecule has 2 fully saturated rings. The van der Waals surface area contributed by atoms with Crippen LogP contribution in [0.2, 0.25) is 0 Å². The molecule has 2 aliphatic rings. The maximum absolute atomic E-state index is 13.1. The minimum Gasteiger partial charge on any atom is -0.372 e. The average Bonchev–Trinajstić information content (AvgIpc) is 2.72. The van der Waals surface area contributed by atoms with E-state index in [0.717, 1.165) is 10.8 Å². The smallest absolute Gasteiger partial charge is 0.243 e. The summed E-state index contributed by atoms with van der Waals surface area (Å²) in [4.78, 5) is 15.1. The number of morpholine rings is 1. The van der Waals surface area contributed by atoms with Crippen LogP contribution in [0.4, 0.5) is 0 Å². The van der Waals surface area contributed by atoms with E-state index in [1.54, 1.807) is 12.1 Å². The Morgan fingerprint density at radius 3 is 2.24 bits per heavy atom. The van der Waals surface area contributed by atoms with Crippen LogP contribution in [0.1, 0.15) is 26.7 Å². The van der Waals surface area contributed by atoms with Gasteiger partial charge in [0.15, 0.2) is 0 Å². The van der Waals surface area contributed by atoms with Gasteiger partial charge < -0.3 is 9.64 Å². The zero-order chi connectivity index (χ0) is 20.6. The molecule has 2 aromatic carbocycles. The van der Waals surface area contributed by atoms with Gasteiger partial charge in [0, 0.05) is 32.1 Å². The molecular formula is C22H28N2O4S. The van der Waals surface area contributed by atoms with Gasteiger partial charge in [0.05, 0.1) is 17.1 Å². The number of rotatable bonds is 3. The Kier molecular flexibility index (Phi) is 5.64. The van der Waals surface area contributed by atoms with Crippen molar-refractivity contribution in [2.75, 3.05) is 26.2 Å². The van der Waals surface area contributed by atoms with Crippen LogP contribution in [-0.2, 0) is 19.6 Å². The second kappa shape index (κ2) is 8.05. The number of benzene rings is 2. The lowest BCUT2D eigenvalue weighted by atomic mass is 9.96. The van der Waals surface area contributed by atoms with E-state index in [0.29, 0.717) is 43.9 Å². The number of carbonyl (C=O) groups excluding carboxylic acids is 1. The second-order valence-electron chi connectivity index (χ2n) is 8.19. The number of fused-ring (bicyclic) bond motifs is 1. The molecule has 2 saturated heterocycles. The number of ether oxygens (including phenoxy) is 1. The van der Waals surface area contributed by atoms with Crippen LogP contribution in [0.3, 0.4) is 0 Å². The largest absolute Gasteiger partial charge is 0.372 e. The van der Waals surface area contributed by atoms with E-state index in [4.69, 9.17) is 4.74 Å². The third-order valence-corrected chi connectivity index (χ3v) is 7.79. The molecular weight excluding hydrogens is 388 g/mol. The van der Waals surface area contributed by atoms with Crippen molar-refractivity contribution >= 4 is 26.7 Å². The molecule has 0 N–H and O–H groups in total. The van der Waals surface area contributed by atoms with Gasteiger partial charge in [-0.15, -0.1) is 0 Å². The van der Waals surface area contributed by atoms with Gasteiger partial charge in [-0.3, -0.25) is 4.79 Å². The topological polar surface area (TPSA) is 66.9 Å². The first-order chi connectivity index (χ1) is 13.8. The van der Waals surface area contributed by atoms with Crippen LogP contribution < -0.4 is 0 Å². The summed E-state index contributed by atoms with van der Waals surface area (Å²) in [5, 5.41) is 1.93. The van der Waals surface area contributed by atoms with Crippen LogP contribution in [0.15, 0.2) is 47.4 Å². The lowest BCUT2D eigenvalue weighted by Gasteiger charge is -2.39. The Labute approximate surface area is 172 Å². The number of nitrogens with zero attached hydrogens (tertiary/aromatic N) is 2. The van der Waals surface area contributed by atoms with Crippen LogP contribution in [0.5, 0.6) is 0 Å². The summed E-state index contributed by atoms with van der Waals surface area (Å²) >= 11 is 0. The van der Waals surface area contributed by atoms with Crippen molar-refractivity contribution in [3.63, 3.8) is 0 Å². The molecule has 0 aliphatic carbocycles. The minimum atomic E-state index is -3.56. The van der Waals surface area contributed by atoms with Crippen molar-refractivity contribution in [3.8, 4) is 0 Å². The number of amides is 1. The summed E-state index contributed by atoms with van der Waals surface area (Å²) in [6.07, 6.45) is 1.20. The molecule has 29 heavy (non-hydrogen) atoms. The van der Waals surface area contributed by atoms with Gasteiger partial charge in [0.2, 0.25) is 15.9 Å². The maximum Gasteiger partial charge on any atom is 0.243 e. The summed E-state index contributed by atoms with van der Waals surface area (Å²) in [7, 11) is -3.56. The maximum atomic E-state index is 13.1. The molecule has 0 spiro atoms. The lowest BCUT2D eigenvalue weighted by molar-refractivity contribution is -0.148. The third kappa shape index (κ3) is 4.17. The molecule has 4 rings (SSSR count). The van der Waals surface area contributed by atoms with Crippen molar-refractivity contribution in [2.45, 2.75) is 43.8 Å². The van der Waals surface area contributed by atoms with Gasteiger partial charge in [-0.05, 0) is 49.6 Å². The number of hydrogen-bond donors (Lipinski definition) is 0. The van der Waals surface area contributed by atoms with E-state index in [1.807, 2.05) is 49.1 Å². The van der Waals surface area contributed by atoms with Gasteiger partial charge in [0.1, 0.15) is 0 Å². The van der Waals surface area contributed by atoms with Crippen LogP contribution in [-0.4, -0.2) is 61.9 Å². The summed E-state index contributed by atoms with van der Waals surface area (Å²) in [6, 6.07) is 13.0. The Bertz CT molecular complexity index is 989. The van der Waals surface area contributed by atoms with E-state index >= 15 is 0 Å². The molecule has 0 bridgehead atoms. The molecule has 2 aliphatic heterocycles. The number of piperidine rings is 1. The molecule has 6 nitrogen and oxygen atoms in total. The summed E-state index contributed by atoms with van der Waals surface area (Å²) in [5.74, 6) is 0.0188. The zero-order valence-corrected chi connectivity index (χ0v) is 17.8. The van der Waals surface area contributed by atoms with Crippen LogP contribution in [0, 0.1) is 5.92 Å². The van der Waals surface area contributed by atoms with E-state index in [9.17, 15) is 13.2 Å². The van der Waals surface area contributed by atoms with Crippen molar-refractivity contribution in [1.82, 2.24) is 9.21 Å². The first-order valence-corrected chi connectivity index (χ1v) is 11.7. The second-order valence-corrected chi connectivity index (χ2v) is 10.1. The van der Waals surface area contributed by atoms with Crippen LogP contribution in [0.25, 0.3) is 10.8 Å². The number of sulfonamides is 1. The minimum absolute atomic E-state index is 0.0380. The fourth-order valence-corrected chi connectivity index (χ4v) is 5.94. The summed E-state index contributed by atoms with van der Waals surface area (Å²) in [5.41, 5.74) is 0. The first-order valence-electron chi connectivity index (χ1n) is 10.3. The highest BCUT2D eigenvalue weighted by Gasteiger charge is 2.35. The normalized spacial score (nSPS) is 24.7. The van der Waals surface area contributed by atoms with E-state index in [1.165, 1.54) is 4.31 Å². The predicted molar refractivity (Wildman–Crippen MR) is 112 cm³/mol. The molecule has 0 radical (unpaired) electrons. The van der Waals surface area contributed by atoms with Crippen LogP contribution >= 0.6 is 0 Å². The fraction of sp³-hybridized carbons (Fsp3) is 0.500. The molecule has 2 aromatic rings. The SMILES string of the molecule is C[C@H]1CN(C(=O)C2CCN(S(=O)(=O)c3ccc4ccccc4c3)CC2)C[C@H](C)O1. The monoisotopic (exact) mass is 416 g/mol. The third-order valence-electron chi connectivity index (χ3n) is 5.89. The lowest BCUT2D eigenvalue weighted by Crippen LogP contribution is -2.51. The van der Waals surface area contributed by atoms with Gasteiger partial charge >= 0.3 is 0 Å². The number of hydrogen-bond acceptors (Lipinski definition) is 4. The Morgan fingerprint density at radius 1 is 0.966 bits per heavy atom. The van der Waals surface area contributed by atoms with E-state index in [2.05, 4.69) is 0 Å². The van der Waals surface area contributed by atoms with Gasteiger partial charge in [-0.2, -0.15) is 4.31 Å². The van der Waals surface area contributed by atoms with E-state index < -0.39 is 10.0 Å². The molecule has 156 valence electrons.